The first-order valence-corrected chi connectivity index (χ1v) is 9.23. The molecule has 7 heteroatoms. The van der Waals surface area contributed by atoms with E-state index in [0.717, 1.165) is 4.88 Å². The van der Waals surface area contributed by atoms with Crippen molar-refractivity contribution in [3.63, 3.8) is 0 Å². The molecule has 0 aliphatic carbocycles. The third-order valence-corrected chi connectivity index (χ3v) is 5.74. The van der Waals surface area contributed by atoms with Gasteiger partial charge in [0.15, 0.2) is 0 Å². The number of carbonyl (C=O) groups excluding carboxylic acids is 1. The predicted octanol–water partition coefficient (Wildman–Crippen LogP) is 2.91. The minimum absolute atomic E-state index is 0.152. The van der Waals surface area contributed by atoms with Crippen molar-refractivity contribution in [3.8, 4) is 0 Å². The predicted molar refractivity (Wildman–Crippen MR) is 89.6 cm³/mol. The highest BCUT2D eigenvalue weighted by molar-refractivity contribution is 7.92. The molecule has 1 amide bonds. The maximum Gasteiger partial charge on any atom is 0.251 e. The highest BCUT2D eigenvalue weighted by Gasteiger charge is 2.20. The average molecular weight is 338 g/mol. The average Bonchev–Trinajstić information content (AvgIpc) is 2.82. The largest absolute Gasteiger partial charge is 0.366 e. The molecular formula is C15H18N2O3S2. The maximum atomic E-state index is 12.3. The molecule has 0 unspecified atom stereocenters. The SMILES string of the molecule is CC(C)c1cc(C(N)=O)c(NS(=O)(=O)Cc2ccccc2)s1. The molecule has 2 rings (SSSR count). The fraction of sp³-hybridized carbons (Fsp3) is 0.267. The molecule has 0 saturated heterocycles. The van der Waals surface area contributed by atoms with E-state index < -0.39 is 15.9 Å². The lowest BCUT2D eigenvalue weighted by Gasteiger charge is -2.07. The van der Waals surface area contributed by atoms with Crippen LogP contribution in [0, 0.1) is 0 Å². The molecule has 0 saturated carbocycles. The number of nitrogens with two attached hydrogens (primary N) is 1. The summed E-state index contributed by atoms with van der Waals surface area (Å²) in [5, 5.41) is 0.284. The molecule has 118 valence electrons. The second-order valence-corrected chi connectivity index (χ2v) is 8.06. The number of amides is 1. The van der Waals surface area contributed by atoms with Crippen LogP contribution in [-0.4, -0.2) is 14.3 Å². The Morgan fingerprint density at radius 2 is 1.91 bits per heavy atom. The Morgan fingerprint density at radius 1 is 1.27 bits per heavy atom. The first-order valence-electron chi connectivity index (χ1n) is 6.76. The summed E-state index contributed by atoms with van der Waals surface area (Å²) in [7, 11) is -3.60. The number of primary amides is 1. The summed E-state index contributed by atoms with van der Waals surface area (Å²) in [6.45, 7) is 3.94. The number of hydrogen-bond donors (Lipinski definition) is 2. The number of rotatable bonds is 6. The van der Waals surface area contributed by atoms with Gasteiger partial charge in [-0.2, -0.15) is 0 Å². The third kappa shape index (κ3) is 4.08. The molecule has 2 aromatic rings. The molecule has 0 aliphatic heterocycles. The summed E-state index contributed by atoms with van der Waals surface area (Å²) in [6.07, 6.45) is 0. The molecule has 0 atom stereocenters. The summed E-state index contributed by atoms with van der Waals surface area (Å²) >= 11 is 1.24. The minimum atomic E-state index is -3.60. The van der Waals surface area contributed by atoms with Crippen molar-refractivity contribution < 1.29 is 13.2 Å². The summed E-state index contributed by atoms with van der Waals surface area (Å²) < 4.78 is 27.0. The van der Waals surface area contributed by atoms with Crippen LogP contribution < -0.4 is 10.5 Å². The van der Waals surface area contributed by atoms with Crippen LogP contribution in [0.15, 0.2) is 36.4 Å². The lowest BCUT2D eigenvalue weighted by molar-refractivity contribution is 0.100. The van der Waals surface area contributed by atoms with E-state index in [2.05, 4.69) is 4.72 Å². The quantitative estimate of drug-likeness (QED) is 0.848. The van der Waals surface area contributed by atoms with Gasteiger partial charge in [0.25, 0.3) is 5.91 Å². The molecule has 0 bridgehead atoms. The molecule has 0 radical (unpaired) electrons. The Bertz CT molecular complexity index is 765. The molecule has 0 fully saturated rings. The molecule has 3 N–H and O–H groups in total. The zero-order chi connectivity index (χ0) is 16.3. The topological polar surface area (TPSA) is 89.3 Å². The number of benzene rings is 1. The first-order chi connectivity index (χ1) is 10.3. The van der Waals surface area contributed by atoms with Gasteiger partial charge in [0.05, 0.1) is 11.3 Å². The van der Waals surface area contributed by atoms with Gasteiger partial charge >= 0.3 is 0 Å². The van der Waals surface area contributed by atoms with E-state index in [4.69, 9.17) is 5.73 Å². The van der Waals surface area contributed by atoms with Gasteiger partial charge in [-0.3, -0.25) is 9.52 Å². The standard InChI is InChI=1S/C15H18N2O3S2/c1-10(2)13-8-12(14(16)18)15(21-13)17-22(19,20)9-11-6-4-3-5-7-11/h3-8,10,17H,9H2,1-2H3,(H2,16,18). The van der Waals surface area contributed by atoms with Crippen molar-refractivity contribution in [2.24, 2.45) is 5.73 Å². The minimum Gasteiger partial charge on any atom is -0.366 e. The Labute approximate surface area is 134 Å². The Kier molecular flexibility index (Phi) is 4.87. The zero-order valence-electron chi connectivity index (χ0n) is 12.4. The van der Waals surface area contributed by atoms with Crippen LogP contribution in [0.25, 0.3) is 0 Å². The van der Waals surface area contributed by atoms with Gasteiger partial charge < -0.3 is 5.73 Å². The van der Waals surface area contributed by atoms with E-state index in [1.807, 2.05) is 19.9 Å². The van der Waals surface area contributed by atoms with E-state index in [1.165, 1.54) is 11.3 Å². The molecule has 0 spiro atoms. The number of nitrogens with one attached hydrogen (secondary N) is 1. The van der Waals surface area contributed by atoms with E-state index in [1.54, 1.807) is 30.3 Å². The number of thiophene rings is 1. The lowest BCUT2D eigenvalue weighted by Crippen LogP contribution is -2.18. The molecular weight excluding hydrogens is 320 g/mol. The van der Waals surface area contributed by atoms with Crippen LogP contribution in [0.3, 0.4) is 0 Å². The second-order valence-electron chi connectivity index (χ2n) is 5.26. The number of sulfonamides is 1. The summed E-state index contributed by atoms with van der Waals surface area (Å²) in [5.74, 6) is -0.600. The van der Waals surface area contributed by atoms with Gasteiger partial charge in [-0.15, -0.1) is 11.3 Å². The van der Waals surface area contributed by atoms with Crippen LogP contribution in [0.4, 0.5) is 5.00 Å². The van der Waals surface area contributed by atoms with Crippen LogP contribution in [0.1, 0.15) is 40.6 Å². The van der Waals surface area contributed by atoms with E-state index in [9.17, 15) is 13.2 Å². The Balaban J connectivity index is 2.27. The van der Waals surface area contributed by atoms with Crippen molar-refractivity contribution in [1.82, 2.24) is 0 Å². The fourth-order valence-corrected chi connectivity index (χ4v) is 4.49. The van der Waals surface area contributed by atoms with Crippen LogP contribution in [0.2, 0.25) is 0 Å². The van der Waals surface area contributed by atoms with Gasteiger partial charge in [-0.25, -0.2) is 8.42 Å². The van der Waals surface area contributed by atoms with Gasteiger partial charge in [0.1, 0.15) is 5.00 Å². The monoisotopic (exact) mass is 338 g/mol. The van der Waals surface area contributed by atoms with Crippen LogP contribution in [0.5, 0.6) is 0 Å². The van der Waals surface area contributed by atoms with Gasteiger partial charge in [0, 0.05) is 4.88 Å². The maximum absolute atomic E-state index is 12.3. The van der Waals surface area contributed by atoms with Crippen LogP contribution >= 0.6 is 11.3 Å². The van der Waals surface area contributed by atoms with Gasteiger partial charge in [0.2, 0.25) is 10.0 Å². The second kappa shape index (κ2) is 6.50. The highest BCUT2D eigenvalue weighted by Crippen LogP contribution is 2.33. The fourth-order valence-electron chi connectivity index (χ4n) is 1.92. The zero-order valence-corrected chi connectivity index (χ0v) is 14.0. The van der Waals surface area contributed by atoms with Gasteiger partial charge in [-0.05, 0) is 17.5 Å². The molecule has 22 heavy (non-hydrogen) atoms. The van der Waals surface area contributed by atoms with Crippen molar-refractivity contribution in [2.45, 2.75) is 25.5 Å². The Morgan fingerprint density at radius 3 is 2.45 bits per heavy atom. The normalized spacial score (nSPS) is 11.6. The molecule has 1 aromatic heterocycles. The van der Waals surface area contributed by atoms with E-state index in [0.29, 0.717) is 5.56 Å². The van der Waals surface area contributed by atoms with Crippen molar-refractivity contribution in [2.75, 3.05) is 4.72 Å². The summed E-state index contributed by atoms with van der Waals surface area (Å²) in [6, 6.07) is 10.5. The first kappa shape index (κ1) is 16.5. The number of anilines is 1. The summed E-state index contributed by atoms with van der Waals surface area (Å²) in [4.78, 5) is 12.4. The van der Waals surface area contributed by atoms with Crippen molar-refractivity contribution in [3.05, 3.63) is 52.4 Å². The van der Waals surface area contributed by atoms with Crippen LogP contribution in [-0.2, 0) is 15.8 Å². The van der Waals surface area contributed by atoms with Crippen molar-refractivity contribution >= 4 is 32.3 Å². The van der Waals surface area contributed by atoms with E-state index >= 15 is 0 Å². The smallest absolute Gasteiger partial charge is 0.251 e. The molecule has 0 aliphatic rings. The molecule has 1 aromatic carbocycles. The van der Waals surface area contributed by atoms with Gasteiger partial charge in [-0.1, -0.05) is 44.2 Å². The molecule has 5 nitrogen and oxygen atoms in total. The Hall–Kier alpha value is -1.86. The molecule has 1 heterocycles. The van der Waals surface area contributed by atoms with E-state index in [-0.39, 0.29) is 22.2 Å². The van der Waals surface area contributed by atoms with Crippen molar-refractivity contribution in [1.29, 1.82) is 0 Å². The highest BCUT2D eigenvalue weighted by atomic mass is 32.2. The lowest BCUT2D eigenvalue weighted by atomic mass is 10.1. The summed E-state index contributed by atoms with van der Waals surface area (Å²) in [5.41, 5.74) is 6.22. The third-order valence-electron chi connectivity index (χ3n) is 3.03. The number of hydrogen-bond acceptors (Lipinski definition) is 4. The number of carbonyl (C=O) groups is 1.